The van der Waals surface area contributed by atoms with Crippen LogP contribution in [0.4, 0.5) is 8.78 Å². The number of nitrogens with zero attached hydrogens (tertiary/aromatic N) is 2. The lowest BCUT2D eigenvalue weighted by Gasteiger charge is -2.17. The Hall–Kier alpha value is -3.19. The average Bonchev–Trinajstić information content (AvgIpc) is 3.31. The molecular weight excluding hydrogens is 426 g/mol. The van der Waals surface area contributed by atoms with E-state index in [0.29, 0.717) is 35.5 Å². The highest BCUT2D eigenvalue weighted by Gasteiger charge is 2.33. The SMILES string of the molecule is O=C1CC(c2ccc(OC(F)F)c3oc4cnccc4c23)CN1Cc1ccc(Cl)cc1. The Morgan fingerprint density at radius 2 is 2.00 bits per heavy atom. The summed E-state index contributed by atoms with van der Waals surface area (Å²) in [4.78, 5) is 18.6. The van der Waals surface area contributed by atoms with Crippen molar-refractivity contribution < 1.29 is 22.7 Å². The van der Waals surface area contributed by atoms with E-state index >= 15 is 0 Å². The Morgan fingerprint density at radius 1 is 1.19 bits per heavy atom. The van der Waals surface area contributed by atoms with Gasteiger partial charge < -0.3 is 14.1 Å². The molecule has 1 aliphatic heterocycles. The van der Waals surface area contributed by atoms with E-state index in [1.165, 1.54) is 12.3 Å². The highest BCUT2D eigenvalue weighted by molar-refractivity contribution is 6.30. The van der Waals surface area contributed by atoms with Crippen LogP contribution in [0.25, 0.3) is 21.9 Å². The van der Waals surface area contributed by atoms with E-state index in [9.17, 15) is 13.6 Å². The fourth-order valence-corrected chi connectivity index (χ4v) is 4.33. The molecule has 1 amide bonds. The van der Waals surface area contributed by atoms with Crippen LogP contribution in [-0.4, -0.2) is 28.9 Å². The molecule has 0 saturated carbocycles. The van der Waals surface area contributed by atoms with Gasteiger partial charge in [0.1, 0.15) is 0 Å². The summed E-state index contributed by atoms with van der Waals surface area (Å²) in [5, 5.41) is 2.08. The lowest BCUT2D eigenvalue weighted by atomic mass is 9.93. The lowest BCUT2D eigenvalue weighted by molar-refractivity contribution is -0.128. The van der Waals surface area contributed by atoms with Crippen LogP contribution < -0.4 is 4.74 Å². The maximum atomic E-state index is 12.9. The Labute approximate surface area is 181 Å². The van der Waals surface area contributed by atoms with Crippen molar-refractivity contribution in [1.29, 1.82) is 0 Å². The zero-order valence-electron chi connectivity index (χ0n) is 16.2. The first-order valence-corrected chi connectivity index (χ1v) is 10.1. The van der Waals surface area contributed by atoms with Crippen molar-refractivity contribution in [2.24, 2.45) is 0 Å². The van der Waals surface area contributed by atoms with Gasteiger partial charge in [-0.3, -0.25) is 9.78 Å². The molecule has 31 heavy (non-hydrogen) atoms. The molecule has 0 bridgehead atoms. The number of carbonyl (C=O) groups is 1. The van der Waals surface area contributed by atoms with Gasteiger partial charge in [-0.05, 0) is 35.4 Å². The Bertz CT molecular complexity index is 1270. The van der Waals surface area contributed by atoms with Crippen molar-refractivity contribution in [2.75, 3.05) is 6.54 Å². The van der Waals surface area contributed by atoms with E-state index in [1.807, 2.05) is 12.1 Å². The molecule has 0 spiro atoms. The third-order valence-corrected chi connectivity index (χ3v) is 5.83. The van der Waals surface area contributed by atoms with Gasteiger partial charge in [0.05, 0.1) is 6.20 Å². The Morgan fingerprint density at radius 3 is 2.77 bits per heavy atom. The summed E-state index contributed by atoms with van der Waals surface area (Å²) in [5.74, 6) is -0.0976. The van der Waals surface area contributed by atoms with E-state index in [-0.39, 0.29) is 23.2 Å². The quantitative estimate of drug-likeness (QED) is 0.395. The smallest absolute Gasteiger partial charge is 0.387 e. The van der Waals surface area contributed by atoms with Crippen LogP contribution in [0.3, 0.4) is 0 Å². The van der Waals surface area contributed by atoms with Gasteiger partial charge in [0.15, 0.2) is 16.9 Å². The molecule has 0 radical (unpaired) electrons. The fourth-order valence-electron chi connectivity index (χ4n) is 4.21. The number of halogens is 3. The molecule has 0 N–H and O–H groups in total. The van der Waals surface area contributed by atoms with Crippen molar-refractivity contribution >= 4 is 39.4 Å². The minimum Gasteiger partial charge on any atom is -0.451 e. The number of alkyl halides is 2. The first kappa shape index (κ1) is 19.8. The first-order chi connectivity index (χ1) is 15.0. The zero-order chi connectivity index (χ0) is 21.5. The number of hydrogen-bond donors (Lipinski definition) is 0. The summed E-state index contributed by atoms with van der Waals surface area (Å²) in [6, 6.07) is 12.4. The van der Waals surface area contributed by atoms with Gasteiger partial charge in [-0.2, -0.15) is 8.78 Å². The number of ether oxygens (including phenoxy) is 1. The van der Waals surface area contributed by atoms with Crippen molar-refractivity contribution in [2.45, 2.75) is 25.5 Å². The van der Waals surface area contributed by atoms with Crippen molar-refractivity contribution in [1.82, 2.24) is 9.88 Å². The van der Waals surface area contributed by atoms with Gasteiger partial charge in [0, 0.05) is 47.4 Å². The number of fused-ring (bicyclic) bond motifs is 3. The molecule has 2 aromatic heterocycles. The molecular formula is C23H17ClF2N2O3. The van der Waals surface area contributed by atoms with Crippen LogP contribution >= 0.6 is 11.6 Å². The zero-order valence-corrected chi connectivity index (χ0v) is 17.0. The summed E-state index contributed by atoms with van der Waals surface area (Å²) < 4.78 is 36.3. The van der Waals surface area contributed by atoms with Crippen LogP contribution in [0.5, 0.6) is 5.75 Å². The third-order valence-electron chi connectivity index (χ3n) is 5.58. The highest BCUT2D eigenvalue weighted by Crippen LogP contribution is 2.42. The van der Waals surface area contributed by atoms with Gasteiger partial charge in [-0.15, -0.1) is 0 Å². The van der Waals surface area contributed by atoms with E-state index in [4.69, 9.17) is 16.0 Å². The van der Waals surface area contributed by atoms with Crippen LogP contribution in [0.15, 0.2) is 59.3 Å². The summed E-state index contributed by atoms with van der Waals surface area (Å²) in [6.45, 7) is -1.97. The minimum absolute atomic E-state index is 0.0349. The fraction of sp³-hybridized carbons (Fsp3) is 0.217. The number of aromatic nitrogens is 1. The molecule has 1 aliphatic rings. The molecule has 0 aliphatic carbocycles. The number of amides is 1. The maximum Gasteiger partial charge on any atom is 0.387 e. The molecule has 1 fully saturated rings. The van der Waals surface area contributed by atoms with Crippen LogP contribution in [0, 0.1) is 0 Å². The third kappa shape index (κ3) is 3.70. The van der Waals surface area contributed by atoms with Gasteiger partial charge in [0.2, 0.25) is 5.91 Å². The number of furan rings is 1. The molecule has 3 heterocycles. The maximum absolute atomic E-state index is 12.9. The predicted octanol–water partition coefficient (Wildman–Crippen LogP) is 5.75. The van der Waals surface area contributed by atoms with Gasteiger partial charge in [-0.25, -0.2) is 0 Å². The summed E-state index contributed by atoms with van der Waals surface area (Å²) in [5.41, 5.74) is 2.58. The van der Waals surface area contributed by atoms with Crippen molar-refractivity contribution in [3.05, 3.63) is 71.0 Å². The molecule has 1 atom stereocenters. The number of carbonyl (C=O) groups excluding carboxylic acids is 1. The Balaban J connectivity index is 1.52. The molecule has 1 saturated heterocycles. The average molecular weight is 443 g/mol. The molecule has 8 heteroatoms. The van der Waals surface area contributed by atoms with Crippen molar-refractivity contribution in [3.63, 3.8) is 0 Å². The van der Waals surface area contributed by atoms with Gasteiger partial charge in [-0.1, -0.05) is 29.8 Å². The molecule has 1 unspecified atom stereocenters. The standard InChI is InChI=1S/C23H17ClF2N2O3/c24-15-3-1-13(2-4-15)11-28-12-14(9-20(28)29)16-5-6-18(31-23(25)26)22-21(16)17-7-8-27-10-19(17)30-22/h1-8,10,14,23H,9,11-12H2. The van der Waals surface area contributed by atoms with Crippen LogP contribution in [0.2, 0.25) is 5.02 Å². The van der Waals surface area contributed by atoms with Gasteiger partial charge >= 0.3 is 6.61 Å². The minimum atomic E-state index is -2.97. The molecule has 2 aromatic carbocycles. The Kier molecular flexibility index (Phi) is 4.98. The normalized spacial score (nSPS) is 16.7. The lowest BCUT2D eigenvalue weighted by Crippen LogP contribution is -2.24. The summed E-state index contributed by atoms with van der Waals surface area (Å²) in [6.07, 6.45) is 3.49. The predicted molar refractivity (Wildman–Crippen MR) is 112 cm³/mol. The number of hydrogen-bond acceptors (Lipinski definition) is 4. The van der Waals surface area contributed by atoms with Crippen molar-refractivity contribution in [3.8, 4) is 5.75 Å². The van der Waals surface area contributed by atoms with E-state index < -0.39 is 6.61 Å². The first-order valence-electron chi connectivity index (χ1n) is 9.76. The second-order valence-electron chi connectivity index (χ2n) is 7.51. The molecule has 4 aromatic rings. The monoisotopic (exact) mass is 442 g/mol. The van der Waals surface area contributed by atoms with Crippen LogP contribution in [0.1, 0.15) is 23.5 Å². The highest BCUT2D eigenvalue weighted by atomic mass is 35.5. The second kappa shape index (κ2) is 7.81. The molecule has 158 valence electrons. The summed E-state index contributed by atoms with van der Waals surface area (Å²) in [7, 11) is 0. The molecule has 5 nitrogen and oxygen atoms in total. The summed E-state index contributed by atoms with van der Waals surface area (Å²) >= 11 is 5.95. The van der Waals surface area contributed by atoms with Gasteiger partial charge in [0.25, 0.3) is 0 Å². The second-order valence-corrected chi connectivity index (χ2v) is 7.95. The van der Waals surface area contributed by atoms with E-state index in [2.05, 4.69) is 9.72 Å². The van der Waals surface area contributed by atoms with E-state index in [1.54, 1.807) is 35.4 Å². The molecule has 5 rings (SSSR count). The van der Waals surface area contributed by atoms with E-state index in [0.717, 1.165) is 16.5 Å². The number of benzene rings is 2. The van der Waals surface area contributed by atoms with Crippen LogP contribution in [-0.2, 0) is 11.3 Å². The topological polar surface area (TPSA) is 55.6 Å². The number of likely N-dealkylation sites (tertiary alicyclic amines) is 1. The largest absolute Gasteiger partial charge is 0.451 e. The number of pyridine rings is 1. The number of rotatable bonds is 5.